The van der Waals surface area contributed by atoms with Crippen molar-refractivity contribution in [3.63, 3.8) is 0 Å². The molecule has 2 aromatic carbocycles. The van der Waals surface area contributed by atoms with Crippen molar-refractivity contribution in [1.29, 1.82) is 5.26 Å². The van der Waals surface area contributed by atoms with E-state index in [4.69, 9.17) is 14.7 Å². The average Bonchev–Trinajstić information content (AvgIpc) is 3.11. The summed E-state index contributed by atoms with van der Waals surface area (Å²) in [7, 11) is 1.46. The number of nitriles is 1. The first-order valence-corrected chi connectivity index (χ1v) is 7.57. The molecule has 0 fully saturated rings. The van der Waals surface area contributed by atoms with Crippen LogP contribution in [0.4, 0.5) is 0 Å². The van der Waals surface area contributed by atoms with E-state index in [-0.39, 0.29) is 12.2 Å². The van der Waals surface area contributed by atoms with Crippen LogP contribution in [0.15, 0.2) is 60.9 Å². The molecule has 0 saturated heterocycles. The van der Waals surface area contributed by atoms with Gasteiger partial charge in [-0.2, -0.15) is 10.4 Å². The lowest BCUT2D eigenvalue weighted by Crippen LogP contribution is -2.11. The molecule has 0 saturated carbocycles. The number of hydrogen-bond acceptors (Lipinski definition) is 5. The highest BCUT2D eigenvalue weighted by atomic mass is 16.6. The van der Waals surface area contributed by atoms with Gasteiger partial charge in [0.05, 0.1) is 37.0 Å². The van der Waals surface area contributed by atoms with Crippen molar-refractivity contribution in [1.82, 2.24) is 9.78 Å². The van der Waals surface area contributed by atoms with Crippen LogP contribution in [0, 0.1) is 11.3 Å². The summed E-state index contributed by atoms with van der Waals surface area (Å²) in [5, 5.41) is 13.1. The van der Waals surface area contributed by atoms with Crippen molar-refractivity contribution in [2.24, 2.45) is 0 Å². The summed E-state index contributed by atoms with van der Waals surface area (Å²) in [5.74, 6) is 0.185. The SMILES string of the molecule is COc1cc(C#N)ccc1OC(=O)Cc1cnn(-c2ccccc2)c1. The molecular formula is C19H15N3O3. The first-order chi connectivity index (χ1) is 12.2. The number of benzene rings is 2. The van der Waals surface area contributed by atoms with Crippen LogP contribution >= 0.6 is 0 Å². The molecule has 0 aliphatic carbocycles. The highest BCUT2D eigenvalue weighted by Crippen LogP contribution is 2.28. The standard InChI is InChI=1S/C19H15N3O3/c1-24-18-9-14(11-20)7-8-17(18)25-19(23)10-15-12-21-22(13-15)16-5-3-2-4-6-16/h2-9,12-13H,10H2,1H3. The maximum Gasteiger partial charge on any atom is 0.315 e. The second-order valence-electron chi connectivity index (χ2n) is 5.26. The normalized spacial score (nSPS) is 10.1. The van der Waals surface area contributed by atoms with Crippen molar-refractivity contribution < 1.29 is 14.3 Å². The number of ether oxygens (including phenoxy) is 2. The van der Waals surface area contributed by atoms with E-state index in [1.807, 2.05) is 36.4 Å². The van der Waals surface area contributed by atoms with E-state index in [0.29, 0.717) is 11.3 Å². The Bertz CT molecular complexity index is 927. The van der Waals surface area contributed by atoms with Gasteiger partial charge >= 0.3 is 5.97 Å². The number of hydrogen-bond donors (Lipinski definition) is 0. The third kappa shape index (κ3) is 3.85. The minimum Gasteiger partial charge on any atom is -0.493 e. The van der Waals surface area contributed by atoms with Gasteiger partial charge in [-0.1, -0.05) is 18.2 Å². The number of methoxy groups -OCH3 is 1. The monoisotopic (exact) mass is 333 g/mol. The number of aromatic nitrogens is 2. The first-order valence-electron chi connectivity index (χ1n) is 7.57. The molecule has 0 spiro atoms. The van der Waals surface area contributed by atoms with Crippen LogP contribution in [0.2, 0.25) is 0 Å². The van der Waals surface area contributed by atoms with Gasteiger partial charge in [-0.3, -0.25) is 4.79 Å². The van der Waals surface area contributed by atoms with Gasteiger partial charge in [0.25, 0.3) is 0 Å². The van der Waals surface area contributed by atoms with Gasteiger partial charge in [-0.15, -0.1) is 0 Å². The molecular weight excluding hydrogens is 318 g/mol. The van der Waals surface area contributed by atoms with E-state index < -0.39 is 5.97 Å². The number of para-hydroxylation sites is 1. The molecule has 1 aromatic heterocycles. The second-order valence-corrected chi connectivity index (χ2v) is 5.26. The molecule has 0 unspecified atom stereocenters. The Morgan fingerprint density at radius 3 is 2.72 bits per heavy atom. The fraction of sp³-hybridized carbons (Fsp3) is 0.105. The Hall–Kier alpha value is -3.59. The van der Waals surface area contributed by atoms with E-state index in [2.05, 4.69) is 5.10 Å². The minimum atomic E-state index is -0.435. The van der Waals surface area contributed by atoms with E-state index in [9.17, 15) is 4.79 Å². The zero-order valence-corrected chi connectivity index (χ0v) is 13.5. The Kier molecular flexibility index (Phi) is 4.77. The van der Waals surface area contributed by atoms with Crippen molar-refractivity contribution in [2.45, 2.75) is 6.42 Å². The molecule has 3 rings (SSSR count). The molecule has 0 N–H and O–H groups in total. The molecule has 0 aliphatic rings. The maximum atomic E-state index is 12.2. The summed E-state index contributed by atoms with van der Waals surface area (Å²) in [6.07, 6.45) is 3.49. The Morgan fingerprint density at radius 2 is 2.00 bits per heavy atom. The quantitative estimate of drug-likeness (QED) is 0.530. The molecule has 124 valence electrons. The summed E-state index contributed by atoms with van der Waals surface area (Å²) in [5.41, 5.74) is 2.08. The average molecular weight is 333 g/mol. The van der Waals surface area contributed by atoms with Crippen molar-refractivity contribution in [3.8, 4) is 23.3 Å². The number of nitrogens with zero attached hydrogens (tertiary/aromatic N) is 3. The van der Waals surface area contributed by atoms with Crippen LogP contribution < -0.4 is 9.47 Å². The van der Waals surface area contributed by atoms with Crippen molar-refractivity contribution >= 4 is 5.97 Å². The third-order valence-corrected chi connectivity index (χ3v) is 3.52. The smallest absolute Gasteiger partial charge is 0.315 e. The zero-order valence-electron chi connectivity index (χ0n) is 13.5. The second kappa shape index (κ2) is 7.32. The van der Waals surface area contributed by atoms with Gasteiger partial charge < -0.3 is 9.47 Å². The molecule has 0 aliphatic heterocycles. The molecule has 1 heterocycles. The zero-order chi connectivity index (χ0) is 17.6. The molecule has 0 atom stereocenters. The third-order valence-electron chi connectivity index (χ3n) is 3.52. The summed E-state index contributed by atoms with van der Waals surface area (Å²) >= 11 is 0. The maximum absolute atomic E-state index is 12.2. The predicted octanol–water partition coefficient (Wildman–Crippen LogP) is 2.90. The summed E-state index contributed by atoms with van der Waals surface area (Å²) < 4.78 is 12.2. The Morgan fingerprint density at radius 1 is 1.20 bits per heavy atom. The molecule has 25 heavy (non-hydrogen) atoms. The highest BCUT2D eigenvalue weighted by molar-refractivity contribution is 5.76. The fourth-order valence-corrected chi connectivity index (χ4v) is 2.32. The summed E-state index contributed by atoms with van der Waals surface area (Å²) in [6.45, 7) is 0. The van der Waals surface area contributed by atoms with Gasteiger partial charge in [-0.05, 0) is 24.3 Å². The molecule has 6 nitrogen and oxygen atoms in total. The molecule has 0 amide bonds. The van der Waals surface area contributed by atoms with Crippen molar-refractivity contribution in [3.05, 3.63) is 72.1 Å². The highest BCUT2D eigenvalue weighted by Gasteiger charge is 2.13. The van der Waals surface area contributed by atoms with E-state index in [0.717, 1.165) is 11.3 Å². The van der Waals surface area contributed by atoms with Crippen LogP contribution in [0.5, 0.6) is 11.5 Å². The van der Waals surface area contributed by atoms with Gasteiger partial charge in [0.2, 0.25) is 0 Å². The van der Waals surface area contributed by atoms with E-state index >= 15 is 0 Å². The lowest BCUT2D eigenvalue weighted by Gasteiger charge is -2.08. The minimum absolute atomic E-state index is 0.0794. The lowest BCUT2D eigenvalue weighted by molar-refractivity contribution is -0.133. The number of rotatable bonds is 5. The van der Waals surface area contributed by atoms with Gasteiger partial charge in [0.15, 0.2) is 11.5 Å². The van der Waals surface area contributed by atoms with Gasteiger partial charge in [0, 0.05) is 17.8 Å². The van der Waals surface area contributed by atoms with E-state index in [1.165, 1.54) is 13.2 Å². The number of carbonyl (C=O) groups is 1. The molecule has 3 aromatic rings. The summed E-state index contributed by atoms with van der Waals surface area (Å²) in [4.78, 5) is 12.2. The molecule has 0 radical (unpaired) electrons. The first kappa shape index (κ1) is 16.3. The van der Waals surface area contributed by atoms with Gasteiger partial charge in [0.1, 0.15) is 0 Å². The van der Waals surface area contributed by atoms with Gasteiger partial charge in [-0.25, -0.2) is 4.68 Å². The largest absolute Gasteiger partial charge is 0.493 e. The predicted molar refractivity (Wildman–Crippen MR) is 90.6 cm³/mol. The van der Waals surface area contributed by atoms with Crippen LogP contribution in [0.25, 0.3) is 5.69 Å². The van der Waals surface area contributed by atoms with Crippen LogP contribution in [0.1, 0.15) is 11.1 Å². The molecule has 6 heteroatoms. The Labute approximate surface area is 144 Å². The fourth-order valence-electron chi connectivity index (χ4n) is 2.32. The summed E-state index contributed by atoms with van der Waals surface area (Å²) in [6, 6.07) is 16.3. The topological polar surface area (TPSA) is 77.1 Å². The van der Waals surface area contributed by atoms with E-state index in [1.54, 1.807) is 29.2 Å². The van der Waals surface area contributed by atoms with Crippen LogP contribution in [-0.4, -0.2) is 22.9 Å². The Balaban J connectivity index is 1.70. The van der Waals surface area contributed by atoms with Crippen LogP contribution in [-0.2, 0) is 11.2 Å². The number of esters is 1. The van der Waals surface area contributed by atoms with Crippen LogP contribution in [0.3, 0.4) is 0 Å². The number of carbonyl (C=O) groups excluding carboxylic acids is 1. The van der Waals surface area contributed by atoms with Crippen molar-refractivity contribution in [2.75, 3.05) is 7.11 Å². The lowest BCUT2D eigenvalue weighted by atomic mass is 10.2. The molecule has 0 bridgehead atoms.